The highest BCUT2D eigenvalue weighted by molar-refractivity contribution is 5.41. The summed E-state index contributed by atoms with van der Waals surface area (Å²) >= 11 is 0. The minimum atomic E-state index is 0.143. The molecular formula is C16H20N6O. The average molecular weight is 312 g/mol. The molecule has 0 aromatic carbocycles. The predicted octanol–water partition coefficient (Wildman–Crippen LogP) is 1.14. The summed E-state index contributed by atoms with van der Waals surface area (Å²) in [6.07, 6.45) is 5.56. The lowest BCUT2D eigenvalue weighted by atomic mass is 10.2. The standard InChI is InChI=1S/C16H20N6O/c1-13-3-2-4-16-19-14(8-22(13)16)7-20-5-6-23-15(9-20)10-21-12-17-11-18-21/h2-4,8,11-12,15H,5-7,9-10H2,1H3. The first-order chi connectivity index (χ1) is 11.3. The Morgan fingerprint density at radius 3 is 3.13 bits per heavy atom. The Morgan fingerprint density at radius 1 is 1.35 bits per heavy atom. The van der Waals surface area contributed by atoms with Crippen LogP contribution in [0.1, 0.15) is 11.4 Å². The van der Waals surface area contributed by atoms with Crippen LogP contribution in [0.4, 0.5) is 0 Å². The Balaban J connectivity index is 1.44. The van der Waals surface area contributed by atoms with Crippen LogP contribution in [-0.2, 0) is 17.8 Å². The van der Waals surface area contributed by atoms with Crippen LogP contribution in [0.3, 0.4) is 0 Å². The fraction of sp³-hybridized carbons (Fsp3) is 0.438. The molecule has 0 aliphatic carbocycles. The van der Waals surface area contributed by atoms with Crippen LogP contribution < -0.4 is 0 Å². The SMILES string of the molecule is Cc1cccc2nc(CN3CCOC(Cn4cncn4)C3)cn12. The molecule has 23 heavy (non-hydrogen) atoms. The maximum Gasteiger partial charge on any atom is 0.137 e. The first-order valence-corrected chi connectivity index (χ1v) is 7.88. The maximum absolute atomic E-state index is 5.84. The Bertz CT molecular complexity index is 781. The number of pyridine rings is 1. The monoisotopic (exact) mass is 312 g/mol. The van der Waals surface area contributed by atoms with Crippen molar-refractivity contribution in [2.75, 3.05) is 19.7 Å². The molecule has 4 heterocycles. The van der Waals surface area contributed by atoms with E-state index in [1.165, 1.54) is 5.69 Å². The second-order valence-corrected chi connectivity index (χ2v) is 5.97. The molecule has 0 radical (unpaired) electrons. The number of aryl methyl sites for hydroxylation is 1. The largest absolute Gasteiger partial charge is 0.374 e. The maximum atomic E-state index is 5.84. The highest BCUT2D eigenvalue weighted by Gasteiger charge is 2.22. The Kier molecular flexibility index (Phi) is 3.80. The second-order valence-electron chi connectivity index (χ2n) is 5.97. The van der Waals surface area contributed by atoms with Crippen molar-refractivity contribution in [1.29, 1.82) is 0 Å². The van der Waals surface area contributed by atoms with Gasteiger partial charge in [-0.1, -0.05) is 6.07 Å². The first kappa shape index (κ1) is 14.3. The molecule has 4 rings (SSSR count). The van der Waals surface area contributed by atoms with Gasteiger partial charge in [-0.25, -0.2) is 9.97 Å². The lowest BCUT2D eigenvalue weighted by Gasteiger charge is -2.32. The van der Waals surface area contributed by atoms with Crippen LogP contribution in [0, 0.1) is 6.92 Å². The minimum Gasteiger partial charge on any atom is -0.374 e. The van der Waals surface area contributed by atoms with Gasteiger partial charge in [0.2, 0.25) is 0 Å². The first-order valence-electron chi connectivity index (χ1n) is 7.88. The third-order valence-electron chi connectivity index (χ3n) is 4.21. The molecule has 120 valence electrons. The van der Waals surface area contributed by atoms with Crippen LogP contribution in [0.15, 0.2) is 37.1 Å². The Hall–Kier alpha value is -2.25. The van der Waals surface area contributed by atoms with Gasteiger partial charge in [-0.05, 0) is 19.1 Å². The van der Waals surface area contributed by atoms with E-state index in [1.54, 1.807) is 12.7 Å². The van der Waals surface area contributed by atoms with Gasteiger partial charge in [0, 0.05) is 31.5 Å². The third kappa shape index (κ3) is 3.11. The molecule has 1 fully saturated rings. The molecule has 3 aromatic heterocycles. The summed E-state index contributed by atoms with van der Waals surface area (Å²) in [7, 11) is 0. The van der Waals surface area contributed by atoms with E-state index in [9.17, 15) is 0 Å². The highest BCUT2D eigenvalue weighted by Crippen LogP contribution is 2.13. The molecule has 0 bridgehead atoms. The second kappa shape index (κ2) is 6.10. The summed E-state index contributed by atoms with van der Waals surface area (Å²) in [5, 5.41) is 4.15. The van der Waals surface area contributed by atoms with Crippen molar-refractivity contribution >= 4 is 5.65 Å². The van der Waals surface area contributed by atoms with Crippen molar-refractivity contribution in [2.45, 2.75) is 26.1 Å². The van der Waals surface area contributed by atoms with E-state index in [0.717, 1.165) is 44.1 Å². The zero-order valence-electron chi connectivity index (χ0n) is 13.2. The van der Waals surface area contributed by atoms with E-state index in [2.05, 4.69) is 38.6 Å². The molecule has 1 saturated heterocycles. The lowest BCUT2D eigenvalue weighted by molar-refractivity contribution is -0.0405. The topological polar surface area (TPSA) is 60.5 Å². The molecule has 7 nitrogen and oxygen atoms in total. The van der Waals surface area contributed by atoms with E-state index in [0.29, 0.717) is 0 Å². The Morgan fingerprint density at radius 2 is 2.30 bits per heavy atom. The smallest absolute Gasteiger partial charge is 0.137 e. The molecule has 0 saturated carbocycles. The van der Waals surface area contributed by atoms with Crippen molar-refractivity contribution in [3.8, 4) is 0 Å². The van der Waals surface area contributed by atoms with Crippen LogP contribution >= 0.6 is 0 Å². The van der Waals surface area contributed by atoms with Gasteiger partial charge >= 0.3 is 0 Å². The fourth-order valence-electron chi connectivity index (χ4n) is 3.07. The highest BCUT2D eigenvalue weighted by atomic mass is 16.5. The number of hydrogen-bond donors (Lipinski definition) is 0. The van der Waals surface area contributed by atoms with Gasteiger partial charge in [0.15, 0.2) is 0 Å². The predicted molar refractivity (Wildman–Crippen MR) is 85.0 cm³/mol. The molecule has 1 aliphatic rings. The van der Waals surface area contributed by atoms with Crippen LogP contribution in [0.2, 0.25) is 0 Å². The van der Waals surface area contributed by atoms with Crippen molar-refractivity contribution in [3.63, 3.8) is 0 Å². The number of morpholine rings is 1. The van der Waals surface area contributed by atoms with E-state index in [-0.39, 0.29) is 6.10 Å². The van der Waals surface area contributed by atoms with Crippen molar-refractivity contribution in [1.82, 2.24) is 29.0 Å². The zero-order valence-corrected chi connectivity index (χ0v) is 13.2. The van der Waals surface area contributed by atoms with Crippen molar-refractivity contribution in [2.24, 2.45) is 0 Å². The molecule has 0 amide bonds. The van der Waals surface area contributed by atoms with Gasteiger partial charge < -0.3 is 9.14 Å². The van der Waals surface area contributed by atoms with Crippen LogP contribution in [0.25, 0.3) is 5.65 Å². The Labute approximate surface area is 134 Å². The number of rotatable bonds is 4. The number of aromatic nitrogens is 5. The van der Waals surface area contributed by atoms with E-state index >= 15 is 0 Å². The molecule has 7 heteroatoms. The van der Waals surface area contributed by atoms with E-state index < -0.39 is 0 Å². The molecular weight excluding hydrogens is 292 g/mol. The number of ether oxygens (including phenoxy) is 1. The zero-order chi connectivity index (χ0) is 15.6. The lowest BCUT2D eigenvalue weighted by Crippen LogP contribution is -2.43. The number of imidazole rings is 1. The number of nitrogens with zero attached hydrogens (tertiary/aromatic N) is 6. The molecule has 1 unspecified atom stereocenters. The van der Waals surface area contributed by atoms with Crippen molar-refractivity contribution in [3.05, 3.63) is 48.4 Å². The average Bonchev–Trinajstić information content (AvgIpc) is 3.18. The summed E-state index contributed by atoms with van der Waals surface area (Å²) in [5.74, 6) is 0. The third-order valence-corrected chi connectivity index (χ3v) is 4.21. The summed E-state index contributed by atoms with van der Waals surface area (Å²) in [4.78, 5) is 11.1. The molecule has 0 N–H and O–H groups in total. The van der Waals surface area contributed by atoms with Gasteiger partial charge in [0.25, 0.3) is 0 Å². The number of hydrogen-bond acceptors (Lipinski definition) is 5. The van der Waals surface area contributed by atoms with E-state index in [4.69, 9.17) is 9.72 Å². The molecule has 3 aromatic rings. The van der Waals surface area contributed by atoms with Gasteiger partial charge in [-0.2, -0.15) is 5.10 Å². The van der Waals surface area contributed by atoms with Crippen LogP contribution in [-0.4, -0.2) is 54.8 Å². The van der Waals surface area contributed by atoms with Crippen molar-refractivity contribution < 1.29 is 4.74 Å². The fourth-order valence-corrected chi connectivity index (χ4v) is 3.07. The summed E-state index contributed by atoms with van der Waals surface area (Å²) < 4.78 is 9.80. The van der Waals surface area contributed by atoms with E-state index in [1.807, 2.05) is 16.8 Å². The van der Waals surface area contributed by atoms with Gasteiger partial charge in [-0.3, -0.25) is 9.58 Å². The number of fused-ring (bicyclic) bond motifs is 1. The van der Waals surface area contributed by atoms with Gasteiger partial charge in [0.05, 0.1) is 24.9 Å². The summed E-state index contributed by atoms with van der Waals surface area (Å²) in [6, 6.07) is 6.19. The summed E-state index contributed by atoms with van der Waals surface area (Å²) in [6.45, 7) is 6.24. The summed E-state index contributed by atoms with van der Waals surface area (Å²) in [5.41, 5.74) is 3.31. The van der Waals surface area contributed by atoms with Gasteiger partial charge in [0.1, 0.15) is 18.3 Å². The molecule has 0 spiro atoms. The van der Waals surface area contributed by atoms with Gasteiger partial charge in [-0.15, -0.1) is 0 Å². The minimum absolute atomic E-state index is 0.143. The normalized spacial score (nSPS) is 19.4. The quantitative estimate of drug-likeness (QED) is 0.723. The molecule has 1 aliphatic heterocycles. The van der Waals surface area contributed by atoms with Crippen LogP contribution in [0.5, 0.6) is 0 Å². The molecule has 1 atom stereocenters.